The molecule has 0 spiro atoms. The fourth-order valence-corrected chi connectivity index (χ4v) is 2.92. The molecule has 3 rings (SSSR count). The molecule has 1 atom stereocenters. The first kappa shape index (κ1) is 15.6. The lowest BCUT2D eigenvalue weighted by molar-refractivity contribution is 0.112. The Morgan fingerprint density at radius 2 is 2.22 bits per heavy atom. The van der Waals surface area contributed by atoms with E-state index in [0.29, 0.717) is 11.6 Å². The summed E-state index contributed by atoms with van der Waals surface area (Å²) < 4.78 is 0. The van der Waals surface area contributed by atoms with Gasteiger partial charge in [0.15, 0.2) is 6.29 Å². The molecule has 1 aliphatic heterocycles. The molecule has 0 aromatic carbocycles. The van der Waals surface area contributed by atoms with Crippen molar-refractivity contribution in [1.29, 1.82) is 0 Å². The van der Waals surface area contributed by atoms with Crippen LogP contribution in [0.2, 0.25) is 0 Å². The maximum absolute atomic E-state index is 10.7. The Labute approximate surface area is 136 Å². The van der Waals surface area contributed by atoms with Crippen LogP contribution >= 0.6 is 0 Å². The first-order chi connectivity index (χ1) is 11.2. The lowest BCUT2D eigenvalue weighted by Gasteiger charge is -2.30. The van der Waals surface area contributed by atoms with E-state index in [9.17, 15) is 4.79 Å². The molecule has 0 amide bonds. The number of hydrogen-bond donors (Lipinski definition) is 1. The smallest absolute Gasteiger partial charge is 0.151 e. The number of anilines is 1. The lowest BCUT2D eigenvalue weighted by Crippen LogP contribution is -2.39. The SMILES string of the molecule is Cc1cc(N[C@@H]2CCCN(C)C2)nnc1-c1ccc(C=O)cn1. The first-order valence-corrected chi connectivity index (χ1v) is 7.86. The summed E-state index contributed by atoms with van der Waals surface area (Å²) in [5.74, 6) is 0.802. The van der Waals surface area contributed by atoms with Crippen molar-refractivity contribution in [2.24, 2.45) is 0 Å². The number of aromatic nitrogens is 3. The maximum atomic E-state index is 10.7. The normalized spacial score (nSPS) is 18.6. The largest absolute Gasteiger partial charge is 0.365 e. The van der Waals surface area contributed by atoms with Gasteiger partial charge in [0.1, 0.15) is 11.5 Å². The van der Waals surface area contributed by atoms with Gasteiger partial charge in [-0.05, 0) is 57.1 Å². The standard InChI is InChI=1S/C17H21N5O/c1-12-8-16(19-14-4-3-7-22(2)10-14)20-21-17(12)15-6-5-13(11-23)9-18-15/h5-6,8-9,11,14H,3-4,7,10H2,1-2H3,(H,19,20)/t14-/m1/s1. The highest BCUT2D eigenvalue weighted by Gasteiger charge is 2.18. The fourth-order valence-electron chi connectivity index (χ4n) is 2.92. The van der Waals surface area contributed by atoms with Crippen LogP contribution in [0.3, 0.4) is 0 Å². The number of likely N-dealkylation sites (N-methyl/N-ethyl adjacent to an activating group) is 1. The molecule has 23 heavy (non-hydrogen) atoms. The van der Waals surface area contributed by atoms with Gasteiger partial charge in [-0.1, -0.05) is 0 Å². The molecule has 0 bridgehead atoms. The summed E-state index contributed by atoms with van der Waals surface area (Å²) in [5, 5.41) is 12.1. The molecule has 1 aliphatic rings. The summed E-state index contributed by atoms with van der Waals surface area (Å²) in [7, 11) is 2.14. The van der Waals surface area contributed by atoms with Gasteiger partial charge in [-0.3, -0.25) is 9.78 Å². The Hall–Kier alpha value is -2.34. The van der Waals surface area contributed by atoms with E-state index in [2.05, 4.69) is 32.4 Å². The number of hydrogen-bond acceptors (Lipinski definition) is 6. The molecule has 0 radical (unpaired) electrons. The number of carbonyl (C=O) groups excluding carboxylic acids is 1. The number of aryl methyl sites for hydroxylation is 1. The highest BCUT2D eigenvalue weighted by atomic mass is 16.1. The minimum atomic E-state index is 0.415. The molecule has 2 aromatic rings. The number of aldehydes is 1. The van der Waals surface area contributed by atoms with Crippen molar-refractivity contribution in [3.8, 4) is 11.4 Å². The molecule has 6 heteroatoms. The van der Waals surface area contributed by atoms with E-state index < -0.39 is 0 Å². The van der Waals surface area contributed by atoms with Crippen molar-refractivity contribution < 1.29 is 4.79 Å². The number of carbonyl (C=O) groups is 1. The van der Waals surface area contributed by atoms with E-state index in [0.717, 1.165) is 48.6 Å². The van der Waals surface area contributed by atoms with Crippen LogP contribution in [0.1, 0.15) is 28.8 Å². The summed E-state index contributed by atoms with van der Waals surface area (Å²) >= 11 is 0. The fraction of sp³-hybridized carbons (Fsp3) is 0.412. The third kappa shape index (κ3) is 3.71. The third-order valence-corrected chi connectivity index (χ3v) is 4.13. The van der Waals surface area contributed by atoms with Crippen LogP contribution < -0.4 is 5.32 Å². The molecule has 1 saturated heterocycles. The zero-order chi connectivity index (χ0) is 16.2. The van der Waals surface area contributed by atoms with Crippen molar-refractivity contribution in [3.63, 3.8) is 0 Å². The van der Waals surface area contributed by atoms with Gasteiger partial charge in [0.25, 0.3) is 0 Å². The second-order valence-corrected chi connectivity index (χ2v) is 6.10. The second kappa shape index (κ2) is 6.83. The van der Waals surface area contributed by atoms with Crippen molar-refractivity contribution in [3.05, 3.63) is 35.5 Å². The Balaban J connectivity index is 1.75. The van der Waals surface area contributed by atoms with Gasteiger partial charge >= 0.3 is 0 Å². The van der Waals surface area contributed by atoms with E-state index in [1.807, 2.05) is 13.0 Å². The number of nitrogens with one attached hydrogen (secondary N) is 1. The van der Waals surface area contributed by atoms with E-state index in [1.165, 1.54) is 6.42 Å². The maximum Gasteiger partial charge on any atom is 0.151 e. The molecule has 0 aliphatic carbocycles. The predicted molar refractivity (Wildman–Crippen MR) is 89.5 cm³/mol. The Bertz CT molecular complexity index is 686. The molecule has 1 fully saturated rings. The number of rotatable bonds is 4. The van der Waals surface area contributed by atoms with Crippen LogP contribution in [0.25, 0.3) is 11.4 Å². The molecule has 0 unspecified atom stereocenters. The van der Waals surface area contributed by atoms with Crippen LogP contribution in [0.4, 0.5) is 5.82 Å². The summed E-state index contributed by atoms with van der Waals surface area (Å²) in [6, 6.07) is 5.95. The van der Waals surface area contributed by atoms with Crippen molar-refractivity contribution in [2.45, 2.75) is 25.8 Å². The van der Waals surface area contributed by atoms with Gasteiger partial charge < -0.3 is 10.2 Å². The van der Waals surface area contributed by atoms with Crippen molar-refractivity contribution >= 4 is 12.1 Å². The van der Waals surface area contributed by atoms with Gasteiger partial charge in [-0.25, -0.2) is 0 Å². The van der Waals surface area contributed by atoms with E-state index in [1.54, 1.807) is 18.3 Å². The van der Waals surface area contributed by atoms with E-state index in [-0.39, 0.29) is 0 Å². The number of likely N-dealkylation sites (tertiary alicyclic amines) is 1. The Kier molecular flexibility index (Phi) is 4.62. The van der Waals surface area contributed by atoms with Crippen molar-refractivity contribution in [1.82, 2.24) is 20.1 Å². The molecule has 2 aromatic heterocycles. The topological polar surface area (TPSA) is 71.0 Å². The second-order valence-electron chi connectivity index (χ2n) is 6.10. The minimum Gasteiger partial charge on any atom is -0.365 e. The first-order valence-electron chi connectivity index (χ1n) is 7.86. The highest BCUT2D eigenvalue weighted by molar-refractivity contribution is 5.75. The van der Waals surface area contributed by atoms with Crippen LogP contribution in [-0.2, 0) is 0 Å². The van der Waals surface area contributed by atoms with Gasteiger partial charge in [0.05, 0.1) is 5.69 Å². The highest BCUT2D eigenvalue weighted by Crippen LogP contribution is 2.21. The van der Waals surface area contributed by atoms with Crippen LogP contribution in [0.15, 0.2) is 24.4 Å². The summed E-state index contributed by atoms with van der Waals surface area (Å²) in [4.78, 5) is 17.3. The lowest BCUT2D eigenvalue weighted by atomic mass is 10.1. The van der Waals surface area contributed by atoms with Crippen LogP contribution in [0.5, 0.6) is 0 Å². The molecular weight excluding hydrogens is 290 g/mol. The average molecular weight is 311 g/mol. The van der Waals surface area contributed by atoms with E-state index >= 15 is 0 Å². The number of piperidine rings is 1. The van der Waals surface area contributed by atoms with Gasteiger partial charge in [0, 0.05) is 24.3 Å². The third-order valence-electron chi connectivity index (χ3n) is 4.13. The minimum absolute atomic E-state index is 0.415. The van der Waals surface area contributed by atoms with Crippen LogP contribution in [0, 0.1) is 6.92 Å². The Morgan fingerprint density at radius 3 is 2.87 bits per heavy atom. The average Bonchev–Trinajstić information content (AvgIpc) is 2.55. The molecule has 3 heterocycles. The Morgan fingerprint density at radius 1 is 1.35 bits per heavy atom. The summed E-state index contributed by atoms with van der Waals surface area (Å²) in [5.41, 5.74) is 3.04. The van der Waals surface area contributed by atoms with Crippen molar-refractivity contribution in [2.75, 3.05) is 25.5 Å². The molecular formula is C17H21N5O. The molecule has 6 nitrogen and oxygen atoms in total. The monoisotopic (exact) mass is 311 g/mol. The molecule has 0 saturated carbocycles. The zero-order valence-corrected chi connectivity index (χ0v) is 13.5. The quantitative estimate of drug-likeness (QED) is 0.873. The van der Waals surface area contributed by atoms with Crippen LogP contribution in [-0.4, -0.2) is 52.5 Å². The zero-order valence-electron chi connectivity index (χ0n) is 13.5. The molecule has 1 N–H and O–H groups in total. The predicted octanol–water partition coefficient (Wildman–Crippen LogP) is 2.17. The number of pyridine rings is 1. The van der Waals surface area contributed by atoms with E-state index in [4.69, 9.17) is 0 Å². The van der Waals surface area contributed by atoms with Gasteiger partial charge in [0.2, 0.25) is 0 Å². The van der Waals surface area contributed by atoms with Gasteiger partial charge in [-0.15, -0.1) is 10.2 Å². The van der Waals surface area contributed by atoms with Gasteiger partial charge in [-0.2, -0.15) is 0 Å². The summed E-state index contributed by atoms with van der Waals surface area (Å²) in [6.07, 6.45) is 4.68. The number of nitrogens with zero attached hydrogens (tertiary/aromatic N) is 4. The summed E-state index contributed by atoms with van der Waals surface area (Å²) in [6.45, 7) is 4.18. The molecule has 120 valence electrons.